The van der Waals surface area contributed by atoms with Crippen LogP contribution in [0.2, 0.25) is 0 Å². The summed E-state index contributed by atoms with van der Waals surface area (Å²) in [5, 5.41) is 0. The molecular formula is C22H26N+. The van der Waals surface area contributed by atoms with E-state index in [1.165, 1.54) is 22.5 Å². The molecule has 0 fully saturated rings. The SMILES string of the molecule is C=C/C(=C\C=C\C)[N+](C)(c1ccc(C)cc1)c1ccc(C)cc1. The molecule has 0 spiro atoms. The Morgan fingerprint density at radius 1 is 0.870 bits per heavy atom. The van der Waals surface area contributed by atoms with Gasteiger partial charge in [0.2, 0.25) is 0 Å². The summed E-state index contributed by atoms with van der Waals surface area (Å²) in [5.74, 6) is 0. The average molecular weight is 304 g/mol. The van der Waals surface area contributed by atoms with Crippen molar-refractivity contribution >= 4 is 11.4 Å². The third-order valence-corrected chi connectivity index (χ3v) is 4.29. The molecule has 0 unspecified atom stereocenters. The average Bonchev–Trinajstić information content (AvgIpc) is 2.56. The van der Waals surface area contributed by atoms with E-state index in [0.29, 0.717) is 4.48 Å². The van der Waals surface area contributed by atoms with Crippen LogP contribution >= 0.6 is 0 Å². The van der Waals surface area contributed by atoms with Gasteiger partial charge in [-0.1, -0.05) is 54.1 Å². The number of nitrogens with zero attached hydrogens (tertiary/aromatic N) is 1. The smallest absolute Gasteiger partial charge is 0.142 e. The van der Waals surface area contributed by atoms with Crippen LogP contribution in [0.4, 0.5) is 11.4 Å². The monoisotopic (exact) mass is 304 g/mol. The summed E-state index contributed by atoms with van der Waals surface area (Å²) in [4.78, 5) is 0. The van der Waals surface area contributed by atoms with Gasteiger partial charge in [-0.25, -0.2) is 4.48 Å². The summed E-state index contributed by atoms with van der Waals surface area (Å²) in [7, 11) is 2.21. The minimum absolute atomic E-state index is 0.592. The van der Waals surface area contributed by atoms with E-state index in [9.17, 15) is 0 Å². The van der Waals surface area contributed by atoms with Crippen molar-refractivity contribution in [2.24, 2.45) is 0 Å². The molecule has 0 aliphatic rings. The van der Waals surface area contributed by atoms with Crippen LogP contribution in [0, 0.1) is 13.8 Å². The van der Waals surface area contributed by atoms with Crippen molar-refractivity contribution in [3.05, 3.63) is 96.2 Å². The highest BCUT2D eigenvalue weighted by atomic mass is 15.3. The molecule has 23 heavy (non-hydrogen) atoms. The molecule has 0 aliphatic heterocycles. The third-order valence-electron chi connectivity index (χ3n) is 4.29. The molecule has 1 nitrogen and oxygen atoms in total. The second kappa shape index (κ2) is 7.26. The molecule has 0 atom stereocenters. The van der Waals surface area contributed by atoms with Crippen molar-refractivity contribution < 1.29 is 0 Å². The first kappa shape index (κ1) is 17.0. The number of hydrogen-bond donors (Lipinski definition) is 0. The van der Waals surface area contributed by atoms with E-state index in [4.69, 9.17) is 0 Å². The van der Waals surface area contributed by atoms with Crippen molar-refractivity contribution in [3.8, 4) is 0 Å². The van der Waals surface area contributed by atoms with Crippen LogP contribution in [0.15, 0.2) is 85.1 Å². The van der Waals surface area contributed by atoms with Gasteiger partial charge in [0.25, 0.3) is 0 Å². The molecule has 1 heteroatoms. The number of likely N-dealkylation sites (N-methyl/N-ethyl adjacent to an activating group) is 1. The lowest BCUT2D eigenvalue weighted by Crippen LogP contribution is -2.37. The summed E-state index contributed by atoms with van der Waals surface area (Å²) >= 11 is 0. The van der Waals surface area contributed by atoms with Gasteiger partial charge in [0.15, 0.2) is 0 Å². The summed E-state index contributed by atoms with van der Waals surface area (Å²) in [5.41, 5.74) is 6.10. The number of rotatable bonds is 5. The first-order chi connectivity index (χ1) is 11.0. The topological polar surface area (TPSA) is 0 Å². The Morgan fingerprint density at radius 2 is 1.30 bits per heavy atom. The van der Waals surface area contributed by atoms with Gasteiger partial charge in [-0.15, -0.1) is 0 Å². The Morgan fingerprint density at radius 3 is 1.65 bits per heavy atom. The predicted octanol–water partition coefficient (Wildman–Crippen LogP) is 6.22. The van der Waals surface area contributed by atoms with Crippen LogP contribution < -0.4 is 4.48 Å². The predicted molar refractivity (Wildman–Crippen MR) is 103 cm³/mol. The van der Waals surface area contributed by atoms with E-state index >= 15 is 0 Å². The van der Waals surface area contributed by atoms with E-state index < -0.39 is 0 Å². The van der Waals surface area contributed by atoms with Gasteiger partial charge >= 0.3 is 0 Å². The molecule has 2 aromatic carbocycles. The first-order valence-electron chi connectivity index (χ1n) is 7.99. The van der Waals surface area contributed by atoms with Crippen molar-refractivity contribution in [2.75, 3.05) is 7.05 Å². The molecule has 0 heterocycles. The minimum Gasteiger partial charge on any atom is -0.229 e. The molecule has 2 rings (SSSR count). The third kappa shape index (κ3) is 3.52. The molecule has 0 radical (unpaired) electrons. The van der Waals surface area contributed by atoms with Gasteiger partial charge in [-0.2, -0.15) is 0 Å². The maximum atomic E-state index is 4.05. The number of hydrogen-bond acceptors (Lipinski definition) is 0. The summed E-state index contributed by atoms with van der Waals surface area (Å²) in [6.07, 6.45) is 8.18. The van der Waals surface area contributed by atoms with Gasteiger partial charge < -0.3 is 0 Å². The number of quaternary nitrogens is 1. The molecule has 0 N–H and O–H groups in total. The van der Waals surface area contributed by atoms with Crippen molar-refractivity contribution in [2.45, 2.75) is 20.8 Å². The number of allylic oxidation sites excluding steroid dienone is 4. The fourth-order valence-corrected chi connectivity index (χ4v) is 2.73. The van der Waals surface area contributed by atoms with E-state index in [0.717, 1.165) is 5.70 Å². The normalized spacial score (nSPS) is 12.6. The Kier molecular flexibility index (Phi) is 5.36. The fourth-order valence-electron chi connectivity index (χ4n) is 2.73. The van der Waals surface area contributed by atoms with Crippen LogP contribution in [0.3, 0.4) is 0 Å². The van der Waals surface area contributed by atoms with Crippen LogP contribution in [-0.2, 0) is 0 Å². The number of aryl methyl sites for hydroxylation is 2. The number of benzene rings is 2. The highest BCUT2D eigenvalue weighted by molar-refractivity contribution is 5.64. The maximum absolute atomic E-state index is 4.05. The lowest BCUT2D eigenvalue weighted by Gasteiger charge is -2.34. The Balaban J connectivity index is 2.69. The largest absolute Gasteiger partial charge is 0.229 e. The molecule has 118 valence electrons. The molecule has 0 aliphatic carbocycles. The summed E-state index contributed by atoms with van der Waals surface area (Å²) in [6, 6.07) is 17.4. The Hall–Kier alpha value is -2.38. The molecule has 0 aromatic heterocycles. The second-order valence-electron chi connectivity index (χ2n) is 6.00. The lowest BCUT2D eigenvalue weighted by atomic mass is 10.1. The highest BCUT2D eigenvalue weighted by Gasteiger charge is 2.31. The molecular weight excluding hydrogens is 278 g/mol. The Bertz CT molecular complexity index is 670. The standard InChI is InChI=1S/C22H26N/c1-6-8-9-20(7-2)23(5,21-14-10-18(3)11-15-21)22-16-12-19(4)13-17-22/h6-17H,2H2,1,3-5H3/q+1/b8-6+,20-9+. The van der Waals surface area contributed by atoms with Gasteiger partial charge in [-0.05, 0) is 32.9 Å². The zero-order valence-corrected chi connectivity index (χ0v) is 14.6. The van der Waals surface area contributed by atoms with Gasteiger partial charge in [-0.3, -0.25) is 0 Å². The summed E-state index contributed by atoms with van der Waals surface area (Å²) in [6.45, 7) is 10.3. The first-order valence-corrected chi connectivity index (χ1v) is 7.99. The van der Waals surface area contributed by atoms with Crippen LogP contribution in [0.5, 0.6) is 0 Å². The lowest BCUT2D eigenvalue weighted by molar-refractivity contribution is 0.578. The second-order valence-corrected chi connectivity index (χ2v) is 6.00. The van der Waals surface area contributed by atoms with Crippen LogP contribution in [-0.4, -0.2) is 7.05 Å². The molecule has 0 saturated heterocycles. The van der Waals surface area contributed by atoms with Gasteiger partial charge in [0.1, 0.15) is 17.1 Å². The maximum Gasteiger partial charge on any atom is 0.142 e. The quantitative estimate of drug-likeness (QED) is 0.454. The molecule has 0 amide bonds. The van der Waals surface area contributed by atoms with E-state index in [1.807, 2.05) is 19.1 Å². The minimum atomic E-state index is 0.592. The van der Waals surface area contributed by atoms with E-state index in [2.05, 4.69) is 88.2 Å². The Labute approximate surface area is 140 Å². The molecule has 2 aromatic rings. The van der Waals surface area contributed by atoms with Crippen LogP contribution in [0.25, 0.3) is 0 Å². The van der Waals surface area contributed by atoms with Gasteiger partial charge in [0, 0.05) is 24.3 Å². The van der Waals surface area contributed by atoms with Crippen molar-refractivity contribution in [3.63, 3.8) is 0 Å². The zero-order valence-electron chi connectivity index (χ0n) is 14.6. The van der Waals surface area contributed by atoms with Crippen molar-refractivity contribution in [1.82, 2.24) is 4.48 Å². The molecule has 0 bridgehead atoms. The van der Waals surface area contributed by atoms with E-state index in [-0.39, 0.29) is 0 Å². The zero-order chi connectivity index (χ0) is 16.9. The van der Waals surface area contributed by atoms with Gasteiger partial charge in [0.05, 0.1) is 7.05 Å². The van der Waals surface area contributed by atoms with Crippen LogP contribution in [0.1, 0.15) is 18.1 Å². The fraction of sp³-hybridized carbons (Fsp3) is 0.182. The molecule has 0 saturated carbocycles. The highest BCUT2D eigenvalue weighted by Crippen LogP contribution is 2.38. The summed E-state index contributed by atoms with van der Waals surface area (Å²) < 4.78 is 0.592. The van der Waals surface area contributed by atoms with E-state index in [1.54, 1.807) is 0 Å². The van der Waals surface area contributed by atoms with Crippen molar-refractivity contribution in [1.29, 1.82) is 0 Å².